The third-order valence-electron chi connectivity index (χ3n) is 4.65. The lowest BCUT2D eigenvalue weighted by molar-refractivity contribution is 0.325. The third-order valence-corrected chi connectivity index (χ3v) is 5.09. The SMILES string of the molecule is ClC1CCC(c2ccn(C3CCCCC3)n2)CC1. The van der Waals surface area contributed by atoms with E-state index >= 15 is 0 Å². The molecule has 0 aliphatic heterocycles. The second-order valence-corrected chi connectivity index (χ2v) is 6.58. The molecule has 3 heteroatoms. The summed E-state index contributed by atoms with van der Waals surface area (Å²) in [5.74, 6) is 0.657. The van der Waals surface area contributed by atoms with Gasteiger partial charge in [-0.25, -0.2) is 0 Å². The molecule has 18 heavy (non-hydrogen) atoms. The minimum Gasteiger partial charge on any atom is -0.269 e. The number of aromatic nitrogens is 2. The Morgan fingerprint density at radius 2 is 1.72 bits per heavy atom. The van der Waals surface area contributed by atoms with Crippen LogP contribution in [-0.2, 0) is 0 Å². The van der Waals surface area contributed by atoms with Gasteiger partial charge in [-0.05, 0) is 44.6 Å². The van der Waals surface area contributed by atoms with E-state index in [1.807, 2.05) is 0 Å². The Morgan fingerprint density at radius 3 is 2.44 bits per heavy atom. The second kappa shape index (κ2) is 5.64. The van der Waals surface area contributed by atoms with E-state index in [9.17, 15) is 0 Å². The Hall–Kier alpha value is -0.500. The number of nitrogens with zero attached hydrogens (tertiary/aromatic N) is 2. The highest BCUT2D eigenvalue weighted by Crippen LogP contribution is 2.35. The van der Waals surface area contributed by atoms with Crippen LogP contribution in [0, 0.1) is 0 Å². The molecule has 2 saturated carbocycles. The lowest BCUT2D eigenvalue weighted by Gasteiger charge is -2.24. The first kappa shape index (κ1) is 12.5. The molecule has 0 atom stereocenters. The summed E-state index contributed by atoms with van der Waals surface area (Å²) in [6.07, 6.45) is 13.7. The van der Waals surface area contributed by atoms with Gasteiger partial charge in [0.15, 0.2) is 0 Å². The smallest absolute Gasteiger partial charge is 0.0655 e. The van der Waals surface area contributed by atoms with Gasteiger partial charge in [0.1, 0.15) is 0 Å². The summed E-state index contributed by atoms with van der Waals surface area (Å²) < 4.78 is 2.24. The molecule has 2 fully saturated rings. The van der Waals surface area contributed by atoms with Crippen molar-refractivity contribution in [2.75, 3.05) is 0 Å². The Morgan fingerprint density at radius 1 is 1.00 bits per heavy atom. The summed E-state index contributed by atoms with van der Waals surface area (Å²) in [6.45, 7) is 0. The summed E-state index contributed by atoms with van der Waals surface area (Å²) in [4.78, 5) is 0. The van der Waals surface area contributed by atoms with Gasteiger partial charge in [0.25, 0.3) is 0 Å². The largest absolute Gasteiger partial charge is 0.269 e. The lowest BCUT2D eigenvalue weighted by atomic mass is 9.87. The molecule has 2 nitrogen and oxygen atoms in total. The van der Waals surface area contributed by atoms with E-state index < -0.39 is 0 Å². The highest BCUT2D eigenvalue weighted by Gasteiger charge is 2.23. The average molecular weight is 267 g/mol. The van der Waals surface area contributed by atoms with Crippen LogP contribution in [0.2, 0.25) is 0 Å². The number of halogens is 1. The van der Waals surface area contributed by atoms with Crippen molar-refractivity contribution >= 4 is 11.6 Å². The molecule has 0 unspecified atom stereocenters. The maximum absolute atomic E-state index is 6.17. The first-order valence-corrected chi connectivity index (χ1v) is 7.95. The summed E-state index contributed by atoms with van der Waals surface area (Å²) in [5, 5.41) is 5.26. The van der Waals surface area contributed by atoms with Crippen LogP contribution in [0.25, 0.3) is 0 Å². The molecule has 1 aromatic heterocycles. The summed E-state index contributed by atoms with van der Waals surface area (Å²) in [5.41, 5.74) is 1.31. The average Bonchev–Trinajstić information content (AvgIpc) is 2.90. The number of rotatable bonds is 2. The van der Waals surface area contributed by atoms with Crippen LogP contribution in [0.5, 0.6) is 0 Å². The Balaban J connectivity index is 1.65. The van der Waals surface area contributed by atoms with Crippen LogP contribution in [0.1, 0.15) is 75.4 Å². The molecule has 3 rings (SSSR count). The van der Waals surface area contributed by atoms with Crippen LogP contribution < -0.4 is 0 Å². The van der Waals surface area contributed by atoms with Crippen molar-refractivity contribution in [2.24, 2.45) is 0 Å². The minimum absolute atomic E-state index is 0.404. The minimum atomic E-state index is 0.404. The molecule has 0 amide bonds. The van der Waals surface area contributed by atoms with Crippen LogP contribution in [0.3, 0.4) is 0 Å². The molecule has 2 aliphatic carbocycles. The van der Waals surface area contributed by atoms with Gasteiger partial charge in [-0.1, -0.05) is 19.3 Å². The van der Waals surface area contributed by atoms with E-state index in [1.54, 1.807) is 0 Å². The highest BCUT2D eigenvalue weighted by molar-refractivity contribution is 6.20. The zero-order valence-corrected chi connectivity index (χ0v) is 11.8. The van der Waals surface area contributed by atoms with Gasteiger partial charge in [0.05, 0.1) is 11.7 Å². The Labute approximate surface area is 115 Å². The van der Waals surface area contributed by atoms with Crippen molar-refractivity contribution in [1.29, 1.82) is 0 Å². The molecule has 0 N–H and O–H groups in total. The number of hydrogen-bond acceptors (Lipinski definition) is 1. The predicted octanol–water partition coefficient (Wildman–Crippen LogP) is 4.65. The van der Waals surface area contributed by atoms with Crippen LogP contribution in [0.15, 0.2) is 12.3 Å². The summed E-state index contributed by atoms with van der Waals surface area (Å²) >= 11 is 6.17. The Bertz CT molecular complexity index is 374. The van der Waals surface area contributed by atoms with Crippen LogP contribution in [-0.4, -0.2) is 15.2 Å². The second-order valence-electron chi connectivity index (χ2n) is 5.96. The molecule has 0 saturated heterocycles. The van der Waals surface area contributed by atoms with Gasteiger partial charge in [0.2, 0.25) is 0 Å². The van der Waals surface area contributed by atoms with E-state index in [4.69, 9.17) is 16.7 Å². The fraction of sp³-hybridized carbons (Fsp3) is 0.800. The first-order chi connectivity index (χ1) is 8.83. The quantitative estimate of drug-likeness (QED) is 0.713. The van der Waals surface area contributed by atoms with Crippen LogP contribution >= 0.6 is 11.6 Å². The number of alkyl halides is 1. The van der Waals surface area contributed by atoms with Gasteiger partial charge in [-0.3, -0.25) is 4.68 Å². The third kappa shape index (κ3) is 2.74. The fourth-order valence-electron chi connectivity index (χ4n) is 3.47. The summed E-state index contributed by atoms with van der Waals surface area (Å²) in [7, 11) is 0. The molecule has 0 bridgehead atoms. The molecule has 100 valence electrons. The van der Waals surface area contributed by atoms with Gasteiger partial charge in [-0.15, -0.1) is 11.6 Å². The predicted molar refractivity (Wildman–Crippen MR) is 75.2 cm³/mol. The molecule has 1 heterocycles. The van der Waals surface area contributed by atoms with Gasteiger partial charge in [0, 0.05) is 17.5 Å². The van der Waals surface area contributed by atoms with Crippen molar-refractivity contribution in [2.45, 2.75) is 75.1 Å². The van der Waals surface area contributed by atoms with E-state index in [0.717, 1.165) is 12.8 Å². The van der Waals surface area contributed by atoms with Crippen molar-refractivity contribution in [1.82, 2.24) is 9.78 Å². The highest BCUT2D eigenvalue weighted by atomic mass is 35.5. The molecular weight excluding hydrogens is 244 g/mol. The normalized spacial score (nSPS) is 30.5. The standard InChI is InChI=1S/C15H23ClN2/c16-13-8-6-12(7-9-13)15-10-11-18(17-15)14-4-2-1-3-5-14/h10-14H,1-9H2. The zero-order chi connectivity index (χ0) is 12.4. The van der Waals surface area contributed by atoms with Crippen LogP contribution in [0.4, 0.5) is 0 Å². The monoisotopic (exact) mass is 266 g/mol. The van der Waals surface area contributed by atoms with E-state index in [-0.39, 0.29) is 0 Å². The molecule has 0 radical (unpaired) electrons. The van der Waals surface area contributed by atoms with Crippen molar-refractivity contribution < 1.29 is 0 Å². The zero-order valence-electron chi connectivity index (χ0n) is 11.0. The molecule has 2 aliphatic rings. The van der Waals surface area contributed by atoms with E-state index in [0.29, 0.717) is 17.3 Å². The van der Waals surface area contributed by atoms with Crippen molar-refractivity contribution in [3.8, 4) is 0 Å². The van der Waals surface area contributed by atoms with Crippen molar-refractivity contribution in [3.63, 3.8) is 0 Å². The fourth-order valence-corrected chi connectivity index (χ4v) is 3.72. The number of hydrogen-bond donors (Lipinski definition) is 0. The van der Waals surface area contributed by atoms with E-state index in [2.05, 4.69) is 16.9 Å². The summed E-state index contributed by atoms with van der Waals surface area (Å²) in [6, 6.07) is 2.91. The maximum atomic E-state index is 6.17. The van der Waals surface area contributed by atoms with E-state index in [1.165, 1.54) is 50.6 Å². The Kier molecular flexibility index (Phi) is 3.93. The van der Waals surface area contributed by atoms with Gasteiger partial charge >= 0.3 is 0 Å². The van der Waals surface area contributed by atoms with Gasteiger partial charge in [-0.2, -0.15) is 5.10 Å². The van der Waals surface area contributed by atoms with Crippen molar-refractivity contribution in [3.05, 3.63) is 18.0 Å². The topological polar surface area (TPSA) is 17.8 Å². The molecule has 0 spiro atoms. The first-order valence-electron chi connectivity index (χ1n) is 7.52. The van der Waals surface area contributed by atoms with Gasteiger partial charge < -0.3 is 0 Å². The lowest BCUT2D eigenvalue weighted by Crippen LogP contribution is -2.16. The maximum Gasteiger partial charge on any atom is 0.0655 e. The molecular formula is C15H23ClN2. The molecule has 0 aromatic carbocycles. The molecule has 1 aromatic rings.